The second-order valence-corrected chi connectivity index (χ2v) is 11.2. The van der Waals surface area contributed by atoms with Gasteiger partial charge in [0.25, 0.3) is 5.91 Å². The first-order valence-corrected chi connectivity index (χ1v) is 14.3. The van der Waals surface area contributed by atoms with Crippen LogP contribution in [0.4, 0.5) is 18.9 Å². The molecule has 0 aromatic heterocycles. The number of halogens is 3. The maximum absolute atomic E-state index is 14.0. The summed E-state index contributed by atoms with van der Waals surface area (Å²) >= 11 is 1.31. The smallest absolute Gasteiger partial charge is 0.328 e. The van der Waals surface area contributed by atoms with E-state index in [0.717, 1.165) is 11.6 Å². The molecule has 1 unspecified atom stereocenters. The van der Waals surface area contributed by atoms with Crippen molar-refractivity contribution in [1.29, 1.82) is 0 Å². The molecule has 5 N–H and O–H groups in total. The van der Waals surface area contributed by atoms with Crippen LogP contribution >= 0.6 is 11.8 Å². The summed E-state index contributed by atoms with van der Waals surface area (Å²) < 4.78 is 45.7. The number of carbonyl (C=O) groups excluding carboxylic acids is 3. The van der Waals surface area contributed by atoms with Crippen LogP contribution in [-0.2, 0) is 32.1 Å². The molecular formula is C28H35F3N4O5S. The van der Waals surface area contributed by atoms with Gasteiger partial charge in [-0.25, -0.2) is 18.0 Å². The maximum atomic E-state index is 14.0. The molecule has 0 radical (unpaired) electrons. The fraction of sp³-hybridized carbons (Fsp3) is 0.464. The van der Waals surface area contributed by atoms with Gasteiger partial charge in [-0.05, 0) is 41.7 Å². The monoisotopic (exact) mass is 596 g/mol. The third-order valence-electron chi connectivity index (χ3n) is 6.44. The molecule has 3 atom stereocenters. The number of amides is 2. The van der Waals surface area contributed by atoms with Crippen molar-refractivity contribution >= 4 is 35.2 Å². The summed E-state index contributed by atoms with van der Waals surface area (Å²) in [6, 6.07) is 6.85. The van der Waals surface area contributed by atoms with Gasteiger partial charge in [0.1, 0.15) is 18.5 Å². The predicted molar refractivity (Wildman–Crippen MR) is 149 cm³/mol. The molecule has 1 aliphatic heterocycles. The minimum atomic E-state index is -1.30. The topological polar surface area (TPSA) is 134 Å². The number of hydrogen-bond donors (Lipinski definition) is 4. The zero-order valence-corrected chi connectivity index (χ0v) is 23.7. The Morgan fingerprint density at radius 1 is 1.12 bits per heavy atom. The standard InChI is InChI=1S/C28H35F3N4O5S/c1-16(2)25(28(39)40-9-8-36)34-20-5-3-17(4-6-20)15-33-26(38)27-35(7-10-41-27)24(37)13-19(32)11-18-12-22(30)23(31)14-21(18)29/h3-6,12,14,16,19,25,27,34,36H,7-11,13,15,32H2,1-2H3,(H,33,38)/t19-,25?,27+/m1/s1. The Labute approximate surface area is 241 Å². The lowest BCUT2D eigenvalue weighted by Gasteiger charge is -2.24. The number of thioether (sulfide) groups is 1. The van der Waals surface area contributed by atoms with Crippen LogP contribution in [0.2, 0.25) is 0 Å². The van der Waals surface area contributed by atoms with Gasteiger partial charge in [-0.3, -0.25) is 9.59 Å². The molecule has 1 saturated heterocycles. The minimum absolute atomic E-state index is 0.0589. The number of carbonyl (C=O) groups is 3. The van der Waals surface area contributed by atoms with Crippen LogP contribution in [0.1, 0.15) is 31.4 Å². The number of nitrogens with one attached hydrogen (secondary N) is 2. The third kappa shape index (κ3) is 9.10. The number of benzene rings is 2. The van der Waals surface area contributed by atoms with Gasteiger partial charge in [-0.15, -0.1) is 11.8 Å². The number of anilines is 1. The second kappa shape index (κ2) is 15.1. The van der Waals surface area contributed by atoms with Crippen molar-refractivity contribution in [3.8, 4) is 0 Å². The number of rotatable bonds is 13. The van der Waals surface area contributed by atoms with Gasteiger partial charge in [-0.1, -0.05) is 26.0 Å². The summed E-state index contributed by atoms with van der Waals surface area (Å²) in [7, 11) is 0. The van der Waals surface area contributed by atoms with E-state index >= 15 is 0 Å². The van der Waals surface area contributed by atoms with Crippen LogP contribution in [0.3, 0.4) is 0 Å². The molecule has 0 spiro atoms. The van der Waals surface area contributed by atoms with Crippen LogP contribution in [0.5, 0.6) is 0 Å². The van der Waals surface area contributed by atoms with Gasteiger partial charge in [0.2, 0.25) is 5.91 Å². The zero-order chi connectivity index (χ0) is 30.1. The molecule has 1 fully saturated rings. The fourth-order valence-corrected chi connectivity index (χ4v) is 5.43. The Kier molecular flexibility index (Phi) is 11.9. The van der Waals surface area contributed by atoms with Gasteiger partial charge in [0, 0.05) is 43.1 Å². The van der Waals surface area contributed by atoms with Crippen molar-refractivity contribution < 1.29 is 37.4 Å². The van der Waals surface area contributed by atoms with Crippen molar-refractivity contribution in [2.24, 2.45) is 11.7 Å². The normalized spacial score (nSPS) is 16.4. The quantitative estimate of drug-likeness (QED) is 0.205. The largest absolute Gasteiger partial charge is 0.462 e. The van der Waals surface area contributed by atoms with Crippen LogP contribution in [0, 0.1) is 23.4 Å². The summed E-state index contributed by atoms with van der Waals surface area (Å²) in [6.45, 7) is 3.96. The first-order chi connectivity index (χ1) is 19.5. The Balaban J connectivity index is 1.51. The Hall–Kier alpha value is -3.29. The Morgan fingerprint density at radius 2 is 1.80 bits per heavy atom. The van der Waals surface area contributed by atoms with E-state index in [9.17, 15) is 27.6 Å². The van der Waals surface area contributed by atoms with E-state index in [1.807, 2.05) is 13.8 Å². The number of nitrogens with zero attached hydrogens (tertiary/aromatic N) is 1. The molecule has 1 aliphatic rings. The highest BCUT2D eigenvalue weighted by Crippen LogP contribution is 2.26. The molecule has 2 amide bonds. The number of hydrogen-bond acceptors (Lipinski definition) is 8. The van der Waals surface area contributed by atoms with Gasteiger partial charge < -0.3 is 31.1 Å². The Morgan fingerprint density at radius 3 is 2.46 bits per heavy atom. The van der Waals surface area contributed by atoms with E-state index in [1.54, 1.807) is 24.3 Å². The van der Waals surface area contributed by atoms with Gasteiger partial charge >= 0.3 is 5.97 Å². The first-order valence-electron chi connectivity index (χ1n) is 13.2. The number of aliphatic hydroxyl groups excluding tert-OH is 1. The molecule has 1 heterocycles. The summed E-state index contributed by atoms with van der Waals surface area (Å²) in [6.07, 6.45) is -0.360. The lowest BCUT2D eigenvalue weighted by molar-refractivity contribution is -0.146. The summed E-state index contributed by atoms with van der Waals surface area (Å²) in [4.78, 5) is 39.5. The first kappa shape index (κ1) is 32.2. The fourth-order valence-electron chi connectivity index (χ4n) is 4.27. The van der Waals surface area contributed by atoms with E-state index in [1.165, 1.54) is 16.7 Å². The van der Waals surface area contributed by atoms with E-state index in [4.69, 9.17) is 15.6 Å². The Bertz CT molecular complexity index is 1220. The highest BCUT2D eigenvalue weighted by molar-refractivity contribution is 8.00. The molecule has 3 rings (SSSR count). The molecule has 41 heavy (non-hydrogen) atoms. The highest BCUT2D eigenvalue weighted by atomic mass is 32.2. The van der Waals surface area contributed by atoms with Crippen molar-refractivity contribution in [2.75, 3.05) is 30.8 Å². The molecule has 13 heteroatoms. The number of esters is 1. The molecule has 0 saturated carbocycles. The lowest BCUT2D eigenvalue weighted by Crippen LogP contribution is -2.46. The van der Waals surface area contributed by atoms with E-state index in [0.29, 0.717) is 24.1 Å². The van der Waals surface area contributed by atoms with Gasteiger partial charge in [0.15, 0.2) is 17.0 Å². The predicted octanol–water partition coefficient (Wildman–Crippen LogP) is 2.55. The van der Waals surface area contributed by atoms with E-state index in [-0.39, 0.29) is 50.0 Å². The van der Waals surface area contributed by atoms with E-state index < -0.39 is 46.8 Å². The number of nitrogens with two attached hydrogens (primary N) is 1. The van der Waals surface area contributed by atoms with E-state index in [2.05, 4.69) is 10.6 Å². The number of ether oxygens (including phenoxy) is 1. The molecule has 224 valence electrons. The van der Waals surface area contributed by atoms with Crippen LogP contribution in [-0.4, -0.2) is 70.8 Å². The molecule has 9 nitrogen and oxygen atoms in total. The van der Waals surface area contributed by atoms with Crippen molar-refractivity contribution in [3.05, 3.63) is 65.0 Å². The molecular weight excluding hydrogens is 561 g/mol. The SMILES string of the molecule is CC(C)C(Nc1ccc(CNC(=O)[C@@H]2SCCN2C(=O)C[C@H](N)Cc2cc(F)c(F)cc2F)cc1)C(=O)OCCO. The molecule has 2 aromatic rings. The van der Waals surface area contributed by atoms with Crippen molar-refractivity contribution in [1.82, 2.24) is 10.2 Å². The average molecular weight is 597 g/mol. The average Bonchev–Trinajstić information content (AvgIpc) is 3.43. The van der Waals surface area contributed by atoms with Crippen LogP contribution in [0.25, 0.3) is 0 Å². The zero-order valence-electron chi connectivity index (χ0n) is 22.9. The molecule has 0 aliphatic carbocycles. The third-order valence-corrected chi connectivity index (χ3v) is 7.65. The van der Waals surface area contributed by atoms with Crippen LogP contribution in [0.15, 0.2) is 36.4 Å². The van der Waals surface area contributed by atoms with Gasteiger partial charge in [-0.2, -0.15) is 0 Å². The van der Waals surface area contributed by atoms with Crippen molar-refractivity contribution in [3.63, 3.8) is 0 Å². The van der Waals surface area contributed by atoms with Crippen molar-refractivity contribution in [2.45, 2.75) is 50.7 Å². The molecule has 2 aromatic carbocycles. The lowest BCUT2D eigenvalue weighted by atomic mass is 10.0. The summed E-state index contributed by atoms with van der Waals surface area (Å²) in [5.41, 5.74) is 7.36. The summed E-state index contributed by atoms with van der Waals surface area (Å²) in [5, 5.41) is 14.1. The van der Waals surface area contributed by atoms with Gasteiger partial charge in [0.05, 0.1) is 6.61 Å². The minimum Gasteiger partial charge on any atom is -0.462 e. The van der Waals surface area contributed by atoms with Crippen LogP contribution < -0.4 is 16.4 Å². The molecule has 0 bridgehead atoms. The maximum Gasteiger partial charge on any atom is 0.328 e. The second-order valence-electron chi connectivity index (χ2n) is 10.0. The summed E-state index contributed by atoms with van der Waals surface area (Å²) in [5.74, 6) is -4.15. The highest BCUT2D eigenvalue weighted by Gasteiger charge is 2.35. The number of aliphatic hydroxyl groups is 1.